The summed E-state index contributed by atoms with van der Waals surface area (Å²) in [6.07, 6.45) is 3.37. The average Bonchev–Trinajstić information content (AvgIpc) is 2.93. The van der Waals surface area contributed by atoms with Crippen LogP contribution in [0, 0.1) is 12.8 Å². The van der Waals surface area contributed by atoms with Gasteiger partial charge in [0.25, 0.3) is 0 Å². The minimum atomic E-state index is -0.410. The molecule has 8 heteroatoms. The Bertz CT molecular complexity index is 659. The van der Waals surface area contributed by atoms with E-state index >= 15 is 0 Å². The number of hydrogen-bond acceptors (Lipinski definition) is 5. The summed E-state index contributed by atoms with van der Waals surface area (Å²) in [6, 6.07) is -0.399. The fourth-order valence-electron chi connectivity index (χ4n) is 2.91. The summed E-state index contributed by atoms with van der Waals surface area (Å²) in [5, 5.41) is 11.7. The quantitative estimate of drug-likeness (QED) is 0.791. The zero-order valence-corrected chi connectivity index (χ0v) is 11.6. The fraction of sp³-hybridized carbons (Fsp3) is 0.500. The van der Waals surface area contributed by atoms with Crippen molar-refractivity contribution in [3.63, 3.8) is 0 Å². The number of carbonyl (C=O) groups excluding carboxylic acids is 1. The van der Waals surface area contributed by atoms with Crippen LogP contribution >= 0.6 is 0 Å². The highest BCUT2D eigenvalue weighted by Gasteiger charge is 2.41. The molecule has 8 nitrogen and oxygen atoms in total. The topological polar surface area (TPSA) is 104 Å². The van der Waals surface area contributed by atoms with Gasteiger partial charge in [-0.3, -0.25) is 9.48 Å². The van der Waals surface area contributed by atoms with E-state index in [9.17, 15) is 4.79 Å². The Balaban J connectivity index is 2.18. The third kappa shape index (κ3) is 1.75. The van der Waals surface area contributed by atoms with Gasteiger partial charge < -0.3 is 11.1 Å². The van der Waals surface area contributed by atoms with Crippen molar-refractivity contribution in [2.45, 2.75) is 25.9 Å². The number of aromatic nitrogens is 5. The molecule has 1 amide bonds. The van der Waals surface area contributed by atoms with Gasteiger partial charge in [0.2, 0.25) is 11.9 Å². The average molecular weight is 275 g/mol. The van der Waals surface area contributed by atoms with Gasteiger partial charge in [-0.15, -0.1) is 0 Å². The molecule has 2 aromatic rings. The third-order valence-corrected chi connectivity index (χ3v) is 3.77. The molecule has 3 atom stereocenters. The van der Waals surface area contributed by atoms with Gasteiger partial charge in [-0.2, -0.15) is 15.2 Å². The van der Waals surface area contributed by atoms with Crippen molar-refractivity contribution >= 4 is 11.9 Å². The van der Waals surface area contributed by atoms with Crippen LogP contribution in [0.5, 0.6) is 0 Å². The largest absolute Gasteiger partial charge is 0.369 e. The lowest BCUT2D eigenvalue weighted by Crippen LogP contribution is -2.47. The van der Waals surface area contributed by atoms with E-state index in [2.05, 4.69) is 20.5 Å². The molecule has 0 aliphatic carbocycles. The van der Waals surface area contributed by atoms with E-state index in [1.54, 1.807) is 9.36 Å². The number of primary amides is 1. The van der Waals surface area contributed by atoms with Gasteiger partial charge in [-0.1, -0.05) is 0 Å². The number of anilines is 1. The highest BCUT2D eigenvalue weighted by molar-refractivity contribution is 5.79. The predicted molar refractivity (Wildman–Crippen MR) is 71.9 cm³/mol. The maximum Gasteiger partial charge on any atom is 0.225 e. The lowest BCUT2D eigenvalue weighted by Gasteiger charge is -2.35. The molecular weight excluding hydrogens is 258 g/mol. The van der Waals surface area contributed by atoms with E-state index in [0.717, 1.165) is 11.3 Å². The van der Waals surface area contributed by atoms with E-state index < -0.39 is 5.92 Å². The minimum absolute atomic E-state index is 0.117. The van der Waals surface area contributed by atoms with Crippen LogP contribution in [0.1, 0.15) is 24.2 Å². The molecule has 0 saturated carbocycles. The Labute approximate surface area is 116 Å². The summed E-state index contributed by atoms with van der Waals surface area (Å²) >= 11 is 0. The number of rotatable bonds is 2. The molecule has 3 heterocycles. The molecule has 0 fully saturated rings. The molecule has 0 unspecified atom stereocenters. The van der Waals surface area contributed by atoms with E-state index in [0.29, 0.717) is 5.95 Å². The Morgan fingerprint density at radius 2 is 2.25 bits per heavy atom. The summed E-state index contributed by atoms with van der Waals surface area (Å²) in [4.78, 5) is 16.1. The number of nitrogens with one attached hydrogen (secondary N) is 1. The minimum Gasteiger partial charge on any atom is -0.369 e. The normalized spacial score (nSPS) is 25.1. The molecule has 2 aromatic heterocycles. The number of nitrogens with zero attached hydrogens (tertiary/aromatic N) is 5. The van der Waals surface area contributed by atoms with Crippen LogP contribution in [-0.2, 0) is 11.8 Å². The molecule has 0 aromatic carbocycles. The lowest BCUT2D eigenvalue weighted by atomic mass is 9.86. The van der Waals surface area contributed by atoms with Gasteiger partial charge in [0.1, 0.15) is 6.33 Å². The fourth-order valence-corrected chi connectivity index (χ4v) is 2.91. The van der Waals surface area contributed by atoms with Crippen molar-refractivity contribution in [1.82, 2.24) is 24.5 Å². The summed E-state index contributed by atoms with van der Waals surface area (Å²) in [6.45, 7) is 3.84. The highest BCUT2D eigenvalue weighted by atomic mass is 16.1. The zero-order chi connectivity index (χ0) is 14.4. The molecule has 3 rings (SSSR count). The second-order valence-corrected chi connectivity index (χ2v) is 5.18. The van der Waals surface area contributed by atoms with Crippen molar-refractivity contribution in [2.75, 3.05) is 5.32 Å². The second kappa shape index (κ2) is 4.32. The number of fused-ring (bicyclic) bond motifs is 1. The standard InChI is InChI=1S/C12H17N7O/c1-6-8(4-18(3)17-6)10-9(11(13)20)7(2)16-12-14-5-15-19(10)12/h4-5,7,9-10H,1-3H3,(H2,13,20)(H,14,15,16)/t7-,9-,10-/m1/s1. The summed E-state index contributed by atoms with van der Waals surface area (Å²) in [5.74, 6) is -0.130. The molecule has 20 heavy (non-hydrogen) atoms. The molecule has 0 bridgehead atoms. The first-order valence-corrected chi connectivity index (χ1v) is 6.44. The van der Waals surface area contributed by atoms with Crippen LogP contribution < -0.4 is 11.1 Å². The third-order valence-electron chi connectivity index (χ3n) is 3.77. The Hall–Kier alpha value is -2.38. The predicted octanol–water partition coefficient (Wildman–Crippen LogP) is -0.175. The summed E-state index contributed by atoms with van der Waals surface area (Å²) < 4.78 is 3.44. The maximum atomic E-state index is 11.9. The molecule has 0 spiro atoms. The monoisotopic (exact) mass is 275 g/mol. The van der Waals surface area contributed by atoms with Crippen molar-refractivity contribution in [1.29, 1.82) is 0 Å². The molecule has 1 aliphatic heterocycles. The zero-order valence-electron chi connectivity index (χ0n) is 11.6. The van der Waals surface area contributed by atoms with Crippen molar-refractivity contribution in [3.8, 4) is 0 Å². The SMILES string of the molecule is Cc1nn(C)cc1[C@@H]1[C@H](C(N)=O)[C@@H](C)Nc2ncnn21. The molecule has 0 saturated heterocycles. The van der Waals surface area contributed by atoms with Gasteiger partial charge in [0, 0.05) is 24.8 Å². The van der Waals surface area contributed by atoms with E-state index in [1.165, 1.54) is 6.33 Å². The molecular formula is C12H17N7O. The van der Waals surface area contributed by atoms with Crippen LogP contribution in [0.2, 0.25) is 0 Å². The van der Waals surface area contributed by atoms with Crippen LogP contribution in [0.4, 0.5) is 5.95 Å². The molecule has 0 radical (unpaired) electrons. The van der Waals surface area contributed by atoms with E-state index in [4.69, 9.17) is 5.73 Å². The van der Waals surface area contributed by atoms with Gasteiger partial charge in [-0.05, 0) is 13.8 Å². The van der Waals surface area contributed by atoms with Gasteiger partial charge in [0.05, 0.1) is 17.7 Å². The van der Waals surface area contributed by atoms with E-state index in [-0.39, 0.29) is 18.0 Å². The Morgan fingerprint density at radius 1 is 1.50 bits per heavy atom. The number of nitrogens with two attached hydrogens (primary N) is 1. The highest BCUT2D eigenvalue weighted by Crippen LogP contribution is 2.36. The van der Waals surface area contributed by atoms with Crippen molar-refractivity contribution in [2.24, 2.45) is 18.7 Å². The second-order valence-electron chi connectivity index (χ2n) is 5.18. The summed E-state index contributed by atoms with van der Waals surface area (Å²) in [5.41, 5.74) is 7.40. The van der Waals surface area contributed by atoms with E-state index in [1.807, 2.05) is 27.1 Å². The van der Waals surface area contributed by atoms with Gasteiger partial charge in [0.15, 0.2) is 0 Å². The first-order chi connectivity index (χ1) is 9.49. The first kappa shape index (κ1) is 12.6. The summed E-state index contributed by atoms with van der Waals surface area (Å²) in [7, 11) is 1.85. The smallest absolute Gasteiger partial charge is 0.225 e. The molecule has 1 aliphatic rings. The van der Waals surface area contributed by atoms with Crippen LogP contribution in [0.25, 0.3) is 0 Å². The Kier molecular flexibility index (Phi) is 2.73. The molecule has 106 valence electrons. The van der Waals surface area contributed by atoms with Crippen molar-refractivity contribution < 1.29 is 4.79 Å². The van der Waals surface area contributed by atoms with Crippen LogP contribution in [0.15, 0.2) is 12.5 Å². The number of carbonyl (C=O) groups is 1. The Morgan fingerprint density at radius 3 is 2.85 bits per heavy atom. The number of aryl methyl sites for hydroxylation is 2. The maximum absolute atomic E-state index is 11.9. The molecule has 3 N–H and O–H groups in total. The lowest BCUT2D eigenvalue weighted by molar-refractivity contribution is -0.123. The number of hydrogen-bond donors (Lipinski definition) is 2. The van der Waals surface area contributed by atoms with Crippen molar-refractivity contribution in [3.05, 3.63) is 23.8 Å². The first-order valence-electron chi connectivity index (χ1n) is 6.44. The van der Waals surface area contributed by atoms with Crippen LogP contribution in [-0.4, -0.2) is 36.5 Å². The van der Waals surface area contributed by atoms with Crippen LogP contribution in [0.3, 0.4) is 0 Å². The number of amides is 1. The van der Waals surface area contributed by atoms with Gasteiger partial charge >= 0.3 is 0 Å². The van der Waals surface area contributed by atoms with Gasteiger partial charge in [-0.25, -0.2) is 4.68 Å².